The fourth-order valence-corrected chi connectivity index (χ4v) is 3.92. The third-order valence-electron chi connectivity index (χ3n) is 3.93. The molecule has 1 amide bonds. The number of halogens is 1. The Balaban J connectivity index is 2.04. The summed E-state index contributed by atoms with van der Waals surface area (Å²) >= 11 is 1.60. The van der Waals surface area contributed by atoms with Gasteiger partial charge >= 0.3 is 5.97 Å². The number of hydrogen-bond donors (Lipinski definition) is 2. The minimum Gasteiger partial charge on any atom is -0.481 e. The number of H-pyrrole nitrogens is 1. The lowest BCUT2D eigenvalue weighted by molar-refractivity contribution is -0.138. The molecule has 1 aromatic carbocycles. The molecule has 0 saturated carbocycles. The number of aliphatic carboxylic acids is 1. The maximum absolute atomic E-state index is 13.4. The number of carboxylic acids is 1. The lowest BCUT2D eigenvalue weighted by atomic mass is 10.1. The maximum atomic E-state index is 13.4. The normalized spacial score (nSPS) is 17.9. The summed E-state index contributed by atoms with van der Waals surface area (Å²) in [5.41, 5.74) is -0.0966. The number of aromatic amines is 1. The van der Waals surface area contributed by atoms with E-state index in [2.05, 4.69) is 4.98 Å². The van der Waals surface area contributed by atoms with Gasteiger partial charge in [-0.2, -0.15) is 11.8 Å². The lowest BCUT2D eigenvalue weighted by Gasteiger charge is -2.34. The van der Waals surface area contributed by atoms with Gasteiger partial charge in [0, 0.05) is 29.5 Å². The van der Waals surface area contributed by atoms with Crippen LogP contribution in [0.4, 0.5) is 4.39 Å². The fourth-order valence-electron chi connectivity index (χ4n) is 2.86. The van der Waals surface area contributed by atoms with Gasteiger partial charge in [0.15, 0.2) is 0 Å². The third-order valence-corrected chi connectivity index (χ3v) is 5.03. The van der Waals surface area contributed by atoms with E-state index in [1.165, 1.54) is 23.1 Å². The molecule has 1 aliphatic rings. The molecule has 1 atom stereocenters. The van der Waals surface area contributed by atoms with E-state index < -0.39 is 29.3 Å². The number of rotatable bonds is 3. The standard InChI is InChI=1S/C16H15FN2O4S/c17-9-1-2-11-12(7-14(20)18-13(11)5-9)16(23)19-3-4-24-8-10(19)6-15(21)22/h1-2,5,7,10H,3-4,6,8H2,(H,18,20)(H,21,22). The second kappa shape index (κ2) is 6.64. The van der Waals surface area contributed by atoms with Gasteiger partial charge in [-0.3, -0.25) is 14.4 Å². The smallest absolute Gasteiger partial charge is 0.305 e. The van der Waals surface area contributed by atoms with Gasteiger partial charge in [-0.15, -0.1) is 0 Å². The maximum Gasteiger partial charge on any atom is 0.305 e. The molecule has 8 heteroatoms. The average Bonchev–Trinajstić information content (AvgIpc) is 2.53. The predicted octanol–water partition coefficient (Wildman–Crippen LogP) is 1.70. The van der Waals surface area contributed by atoms with E-state index in [9.17, 15) is 18.8 Å². The van der Waals surface area contributed by atoms with Gasteiger partial charge < -0.3 is 15.0 Å². The Kier molecular flexibility index (Phi) is 4.57. The number of pyridine rings is 1. The number of carbonyl (C=O) groups excluding carboxylic acids is 1. The van der Waals surface area contributed by atoms with Crippen LogP contribution in [-0.2, 0) is 4.79 Å². The molecule has 1 unspecified atom stereocenters. The Morgan fingerprint density at radius 1 is 1.38 bits per heavy atom. The van der Waals surface area contributed by atoms with Crippen LogP contribution in [0.1, 0.15) is 16.8 Å². The minimum absolute atomic E-state index is 0.144. The molecule has 2 N–H and O–H groups in total. The summed E-state index contributed by atoms with van der Waals surface area (Å²) in [6, 6.07) is 4.58. The molecule has 3 rings (SSSR count). The molecule has 0 radical (unpaired) electrons. The van der Waals surface area contributed by atoms with Crippen molar-refractivity contribution in [3.8, 4) is 0 Å². The summed E-state index contributed by atoms with van der Waals surface area (Å²) in [6.07, 6.45) is -0.144. The first-order valence-corrected chi connectivity index (χ1v) is 8.54. The number of hydrogen-bond acceptors (Lipinski definition) is 4. The van der Waals surface area contributed by atoms with E-state index in [-0.39, 0.29) is 17.5 Å². The zero-order valence-electron chi connectivity index (χ0n) is 12.6. The highest BCUT2D eigenvalue weighted by Crippen LogP contribution is 2.24. The van der Waals surface area contributed by atoms with Gasteiger partial charge in [-0.25, -0.2) is 4.39 Å². The van der Waals surface area contributed by atoms with Gasteiger partial charge in [0.05, 0.1) is 23.5 Å². The largest absolute Gasteiger partial charge is 0.481 e. The van der Waals surface area contributed by atoms with Crippen molar-refractivity contribution in [2.24, 2.45) is 0 Å². The summed E-state index contributed by atoms with van der Waals surface area (Å²) in [6.45, 7) is 0.414. The van der Waals surface area contributed by atoms with E-state index in [1.807, 2.05) is 0 Å². The van der Waals surface area contributed by atoms with Gasteiger partial charge in [-0.05, 0) is 18.2 Å². The average molecular weight is 350 g/mol. The number of aromatic nitrogens is 1. The molecule has 2 aromatic rings. The number of fused-ring (bicyclic) bond motifs is 1. The number of carbonyl (C=O) groups is 2. The van der Waals surface area contributed by atoms with Crippen molar-refractivity contribution in [2.75, 3.05) is 18.1 Å². The highest BCUT2D eigenvalue weighted by Gasteiger charge is 2.30. The monoisotopic (exact) mass is 350 g/mol. The topological polar surface area (TPSA) is 90.5 Å². The van der Waals surface area contributed by atoms with Crippen LogP contribution < -0.4 is 5.56 Å². The van der Waals surface area contributed by atoms with Gasteiger partial charge in [-0.1, -0.05) is 0 Å². The van der Waals surface area contributed by atoms with Crippen molar-refractivity contribution < 1.29 is 19.1 Å². The van der Waals surface area contributed by atoms with Crippen LogP contribution in [0.15, 0.2) is 29.1 Å². The van der Waals surface area contributed by atoms with Crippen LogP contribution in [-0.4, -0.2) is 51.0 Å². The Morgan fingerprint density at radius 2 is 2.17 bits per heavy atom. The molecule has 126 valence electrons. The summed E-state index contributed by atoms with van der Waals surface area (Å²) in [5, 5.41) is 9.48. The fraction of sp³-hybridized carbons (Fsp3) is 0.312. The molecule has 0 bridgehead atoms. The SMILES string of the molecule is O=C(O)CC1CSCCN1C(=O)c1cc(=O)[nH]c2cc(F)ccc12. The number of nitrogens with zero attached hydrogens (tertiary/aromatic N) is 1. The molecule has 1 aliphatic heterocycles. The van der Waals surface area contributed by atoms with E-state index in [1.54, 1.807) is 11.8 Å². The highest BCUT2D eigenvalue weighted by atomic mass is 32.2. The summed E-state index contributed by atoms with van der Waals surface area (Å²) in [7, 11) is 0. The molecule has 0 aliphatic carbocycles. The quantitative estimate of drug-likeness (QED) is 0.879. The Labute approximate surface area is 140 Å². The number of nitrogens with one attached hydrogen (secondary N) is 1. The highest BCUT2D eigenvalue weighted by molar-refractivity contribution is 7.99. The Morgan fingerprint density at radius 3 is 2.92 bits per heavy atom. The van der Waals surface area contributed by atoms with Crippen LogP contribution in [0.3, 0.4) is 0 Å². The number of benzene rings is 1. The molecular formula is C16H15FN2O4S. The van der Waals surface area contributed by atoms with Crippen molar-refractivity contribution in [3.05, 3.63) is 46.0 Å². The van der Waals surface area contributed by atoms with E-state index in [4.69, 9.17) is 5.11 Å². The zero-order valence-corrected chi connectivity index (χ0v) is 13.4. The first-order chi connectivity index (χ1) is 11.5. The Bertz CT molecular complexity index is 867. The second-order valence-corrected chi connectivity index (χ2v) is 6.71. The van der Waals surface area contributed by atoms with Crippen LogP contribution in [0.2, 0.25) is 0 Å². The number of carboxylic acid groups (broad SMARTS) is 1. The molecule has 2 heterocycles. The summed E-state index contributed by atoms with van der Waals surface area (Å²) in [4.78, 5) is 39.8. The number of amides is 1. The van der Waals surface area contributed by atoms with Crippen molar-refractivity contribution in [3.63, 3.8) is 0 Å². The molecule has 6 nitrogen and oxygen atoms in total. The minimum atomic E-state index is -0.974. The second-order valence-electron chi connectivity index (χ2n) is 5.56. The van der Waals surface area contributed by atoms with Crippen LogP contribution >= 0.6 is 11.8 Å². The van der Waals surface area contributed by atoms with Crippen LogP contribution in [0.25, 0.3) is 10.9 Å². The first-order valence-electron chi connectivity index (χ1n) is 7.39. The molecule has 1 aromatic heterocycles. The Hall–Kier alpha value is -2.35. The van der Waals surface area contributed by atoms with Crippen LogP contribution in [0.5, 0.6) is 0 Å². The third kappa shape index (κ3) is 3.28. The summed E-state index contributed by atoms with van der Waals surface area (Å²) in [5.74, 6) is -0.644. The molecule has 0 spiro atoms. The lowest BCUT2D eigenvalue weighted by Crippen LogP contribution is -2.47. The number of thioether (sulfide) groups is 1. The molecular weight excluding hydrogens is 335 g/mol. The van der Waals surface area contributed by atoms with Gasteiger partial charge in [0.25, 0.3) is 5.91 Å². The molecule has 1 fully saturated rings. The van der Waals surface area contributed by atoms with Crippen molar-refractivity contribution in [1.82, 2.24) is 9.88 Å². The van der Waals surface area contributed by atoms with Crippen molar-refractivity contribution >= 4 is 34.5 Å². The predicted molar refractivity (Wildman–Crippen MR) is 88.9 cm³/mol. The zero-order chi connectivity index (χ0) is 17.3. The van der Waals surface area contributed by atoms with Crippen molar-refractivity contribution in [2.45, 2.75) is 12.5 Å². The summed E-state index contributed by atoms with van der Waals surface area (Å²) < 4.78 is 13.4. The molecule has 1 saturated heterocycles. The van der Waals surface area contributed by atoms with E-state index in [0.29, 0.717) is 23.4 Å². The molecule has 24 heavy (non-hydrogen) atoms. The van der Waals surface area contributed by atoms with Gasteiger partial charge in [0.1, 0.15) is 5.82 Å². The van der Waals surface area contributed by atoms with Crippen molar-refractivity contribution in [1.29, 1.82) is 0 Å². The van der Waals surface area contributed by atoms with E-state index >= 15 is 0 Å². The van der Waals surface area contributed by atoms with Gasteiger partial charge in [0.2, 0.25) is 5.56 Å². The first kappa shape index (κ1) is 16.5. The van der Waals surface area contributed by atoms with E-state index in [0.717, 1.165) is 6.07 Å². The van der Waals surface area contributed by atoms with Crippen LogP contribution in [0, 0.1) is 5.82 Å².